The average molecular weight is 589 g/mol. The lowest BCUT2D eigenvalue weighted by molar-refractivity contribution is -0.139. The molecule has 0 fully saturated rings. The first kappa shape index (κ1) is 28.2. The summed E-state index contributed by atoms with van der Waals surface area (Å²) < 4.78 is 33.1. The summed E-state index contributed by atoms with van der Waals surface area (Å²) in [4.78, 5) is 27.2. The van der Waals surface area contributed by atoms with Gasteiger partial charge in [-0.3, -0.25) is 13.9 Å². The molecule has 1 atom stereocenters. The molecule has 3 aromatic carbocycles. The summed E-state index contributed by atoms with van der Waals surface area (Å²) in [6, 6.07) is 22.7. The number of rotatable bonds is 11. The molecule has 0 aliphatic heterocycles. The van der Waals surface area contributed by atoms with Crippen LogP contribution in [0.15, 0.2) is 83.3 Å². The van der Waals surface area contributed by atoms with Crippen molar-refractivity contribution in [3.05, 3.63) is 94.5 Å². The number of ether oxygens (including phenoxy) is 1. The third-order valence-corrected chi connectivity index (χ3v) is 7.40. The van der Waals surface area contributed by atoms with Crippen molar-refractivity contribution >= 4 is 43.5 Å². The summed E-state index contributed by atoms with van der Waals surface area (Å²) in [5.74, 6) is -0.289. The Kier molecular flexibility index (Phi) is 9.71. The average Bonchev–Trinajstić information content (AvgIpc) is 2.89. The van der Waals surface area contributed by atoms with Gasteiger partial charge in [-0.15, -0.1) is 0 Å². The van der Waals surface area contributed by atoms with Crippen molar-refractivity contribution in [2.45, 2.75) is 26.1 Å². The van der Waals surface area contributed by atoms with Crippen molar-refractivity contribution in [2.75, 3.05) is 24.2 Å². The highest BCUT2D eigenvalue weighted by molar-refractivity contribution is 9.10. The molecule has 2 amide bonds. The number of carbonyl (C=O) groups excluding carboxylic acids is 2. The van der Waals surface area contributed by atoms with Crippen molar-refractivity contribution in [1.82, 2.24) is 10.2 Å². The SMILES string of the molecule is CNC(=O)C(C)N(Cc1ccc(Br)cc1)C(=O)CN(c1ccc(OCc2ccccc2)cc1)S(C)(=O)=O. The highest BCUT2D eigenvalue weighted by Gasteiger charge is 2.29. The van der Waals surface area contributed by atoms with Gasteiger partial charge in [-0.05, 0) is 54.4 Å². The number of benzene rings is 3. The molecule has 1 N–H and O–H groups in total. The first-order valence-electron chi connectivity index (χ1n) is 11.6. The number of nitrogens with one attached hydrogen (secondary N) is 1. The number of amides is 2. The highest BCUT2D eigenvalue weighted by atomic mass is 79.9. The zero-order valence-electron chi connectivity index (χ0n) is 20.9. The molecule has 0 aromatic heterocycles. The van der Waals surface area contributed by atoms with Crippen molar-refractivity contribution in [2.24, 2.45) is 0 Å². The van der Waals surface area contributed by atoms with E-state index in [1.807, 2.05) is 54.6 Å². The minimum absolute atomic E-state index is 0.143. The Hall–Kier alpha value is -3.37. The van der Waals surface area contributed by atoms with Gasteiger partial charge in [0, 0.05) is 18.1 Å². The number of nitrogens with zero attached hydrogens (tertiary/aromatic N) is 2. The quantitative estimate of drug-likeness (QED) is 0.366. The molecule has 0 saturated heterocycles. The van der Waals surface area contributed by atoms with E-state index in [4.69, 9.17) is 4.74 Å². The molecule has 3 rings (SSSR count). The van der Waals surface area contributed by atoms with Gasteiger partial charge in [0.05, 0.1) is 11.9 Å². The lowest BCUT2D eigenvalue weighted by atomic mass is 10.1. The molecular formula is C27H30BrN3O5S. The molecule has 0 aliphatic carbocycles. The number of likely N-dealkylation sites (N-methyl/N-ethyl adjacent to an activating group) is 1. The van der Waals surface area contributed by atoms with Gasteiger partial charge < -0.3 is 15.0 Å². The lowest BCUT2D eigenvalue weighted by Gasteiger charge is -2.31. The second-order valence-electron chi connectivity index (χ2n) is 8.48. The summed E-state index contributed by atoms with van der Waals surface area (Å²) in [5.41, 5.74) is 2.13. The van der Waals surface area contributed by atoms with Crippen LogP contribution in [0.4, 0.5) is 5.69 Å². The molecule has 0 radical (unpaired) electrons. The maximum atomic E-state index is 13.4. The molecule has 8 nitrogen and oxygen atoms in total. The zero-order chi connectivity index (χ0) is 27.0. The third kappa shape index (κ3) is 8.06. The molecule has 1 unspecified atom stereocenters. The van der Waals surface area contributed by atoms with Crippen molar-refractivity contribution < 1.29 is 22.7 Å². The van der Waals surface area contributed by atoms with Crippen molar-refractivity contribution in [3.63, 3.8) is 0 Å². The van der Waals surface area contributed by atoms with E-state index in [-0.39, 0.29) is 12.5 Å². The van der Waals surface area contributed by atoms with Crippen LogP contribution in [0, 0.1) is 0 Å². The van der Waals surface area contributed by atoms with E-state index in [2.05, 4.69) is 21.2 Å². The fraction of sp³-hybridized carbons (Fsp3) is 0.259. The van der Waals surface area contributed by atoms with E-state index in [0.717, 1.165) is 26.2 Å². The van der Waals surface area contributed by atoms with Crippen LogP contribution in [-0.4, -0.2) is 51.0 Å². The van der Waals surface area contributed by atoms with E-state index in [1.165, 1.54) is 11.9 Å². The predicted octanol–water partition coefficient (Wildman–Crippen LogP) is 3.96. The monoisotopic (exact) mass is 587 g/mol. The number of halogens is 1. The Morgan fingerprint density at radius 2 is 1.57 bits per heavy atom. The summed E-state index contributed by atoms with van der Waals surface area (Å²) in [5, 5.41) is 2.55. The van der Waals surface area contributed by atoms with Gasteiger partial charge >= 0.3 is 0 Å². The molecule has 10 heteroatoms. The normalized spacial score (nSPS) is 11.9. The second kappa shape index (κ2) is 12.7. The van der Waals surface area contributed by atoms with Crippen LogP contribution in [0.25, 0.3) is 0 Å². The van der Waals surface area contributed by atoms with Crippen LogP contribution in [-0.2, 0) is 32.8 Å². The van der Waals surface area contributed by atoms with E-state index >= 15 is 0 Å². The van der Waals surface area contributed by atoms with Gasteiger partial charge in [0.15, 0.2) is 0 Å². The minimum Gasteiger partial charge on any atom is -0.489 e. The van der Waals surface area contributed by atoms with Crippen LogP contribution in [0.1, 0.15) is 18.1 Å². The van der Waals surface area contributed by atoms with E-state index in [0.29, 0.717) is 18.0 Å². The fourth-order valence-corrected chi connectivity index (χ4v) is 4.76. The van der Waals surface area contributed by atoms with Gasteiger partial charge in [0.25, 0.3) is 0 Å². The molecule has 0 spiro atoms. The molecule has 196 valence electrons. The van der Waals surface area contributed by atoms with Crippen LogP contribution >= 0.6 is 15.9 Å². The standard InChI is InChI=1S/C27H30BrN3O5S/c1-20(27(33)29-2)30(17-21-9-11-23(28)12-10-21)26(32)18-31(37(3,34)35)24-13-15-25(16-14-24)36-19-22-7-5-4-6-8-22/h4-16,20H,17-19H2,1-3H3,(H,29,33). The first-order chi connectivity index (χ1) is 17.6. The first-order valence-corrected chi connectivity index (χ1v) is 14.2. The second-order valence-corrected chi connectivity index (χ2v) is 11.3. The van der Waals surface area contributed by atoms with Gasteiger partial charge in [0.1, 0.15) is 24.9 Å². The van der Waals surface area contributed by atoms with Crippen LogP contribution < -0.4 is 14.4 Å². The summed E-state index contributed by atoms with van der Waals surface area (Å²) in [7, 11) is -2.31. The van der Waals surface area contributed by atoms with Crippen LogP contribution in [0.2, 0.25) is 0 Å². The highest BCUT2D eigenvalue weighted by Crippen LogP contribution is 2.23. The Morgan fingerprint density at radius 3 is 2.14 bits per heavy atom. The Bertz CT molecular complexity index is 1300. The Morgan fingerprint density at radius 1 is 0.946 bits per heavy atom. The predicted molar refractivity (Wildman–Crippen MR) is 148 cm³/mol. The number of carbonyl (C=O) groups is 2. The van der Waals surface area contributed by atoms with Crippen molar-refractivity contribution in [3.8, 4) is 5.75 Å². The van der Waals surface area contributed by atoms with Crippen LogP contribution in [0.3, 0.4) is 0 Å². The molecular weight excluding hydrogens is 558 g/mol. The van der Waals surface area contributed by atoms with E-state index < -0.39 is 28.5 Å². The fourth-order valence-electron chi connectivity index (χ4n) is 3.64. The number of hydrogen-bond donors (Lipinski definition) is 1. The smallest absolute Gasteiger partial charge is 0.244 e. The molecule has 37 heavy (non-hydrogen) atoms. The van der Waals surface area contributed by atoms with Crippen molar-refractivity contribution in [1.29, 1.82) is 0 Å². The van der Waals surface area contributed by atoms with Crippen LogP contribution in [0.5, 0.6) is 5.75 Å². The molecule has 0 bridgehead atoms. The van der Waals surface area contributed by atoms with E-state index in [9.17, 15) is 18.0 Å². The number of sulfonamides is 1. The minimum atomic E-state index is -3.81. The Balaban J connectivity index is 1.80. The van der Waals surface area contributed by atoms with E-state index in [1.54, 1.807) is 31.2 Å². The summed E-state index contributed by atoms with van der Waals surface area (Å²) in [6.45, 7) is 1.67. The molecule has 3 aromatic rings. The van der Waals surface area contributed by atoms with Gasteiger partial charge in [-0.25, -0.2) is 8.42 Å². The van der Waals surface area contributed by atoms with Gasteiger partial charge in [-0.1, -0.05) is 58.4 Å². The summed E-state index contributed by atoms with van der Waals surface area (Å²) in [6.07, 6.45) is 1.04. The van der Waals surface area contributed by atoms with Gasteiger partial charge in [-0.2, -0.15) is 0 Å². The largest absolute Gasteiger partial charge is 0.489 e. The topological polar surface area (TPSA) is 96.0 Å². The summed E-state index contributed by atoms with van der Waals surface area (Å²) >= 11 is 3.38. The zero-order valence-corrected chi connectivity index (χ0v) is 23.3. The molecule has 0 aliphatic rings. The molecule has 0 saturated carbocycles. The Labute approximate surface area is 226 Å². The number of anilines is 1. The van der Waals surface area contributed by atoms with Gasteiger partial charge in [0.2, 0.25) is 21.8 Å². The maximum Gasteiger partial charge on any atom is 0.244 e. The third-order valence-electron chi connectivity index (χ3n) is 5.73. The number of hydrogen-bond acceptors (Lipinski definition) is 5. The molecule has 0 heterocycles. The lowest BCUT2D eigenvalue weighted by Crippen LogP contribution is -2.50. The maximum absolute atomic E-state index is 13.4.